The third-order valence-electron chi connectivity index (χ3n) is 5.70. The molecule has 0 unspecified atom stereocenters. The summed E-state index contributed by atoms with van der Waals surface area (Å²) in [7, 11) is 1.57. The fourth-order valence-electron chi connectivity index (χ4n) is 3.97. The number of carbonyl (C=O) groups excluding carboxylic acids is 3. The molecule has 1 aromatic carbocycles. The van der Waals surface area contributed by atoms with E-state index in [0.717, 1.165) is 30.6 Å². The van der Waals surface area contributed by atoms with Gasteiger partial charge >= 0.3 is 6.03 Å². The van der Waals surface area contributed by atoms with Gasteiger partial charge in [0.05, 0.1) is 7.11 Å². The van der Waals surface area contributed by atoms with Crippen LogP contribution in [0.1, 0.15) is 51.5 Å². The number of methoxy groups -OCH3 is 1. The third kappa shape index (κ3) is 3.38. The van der Waals surface area contributed by atoms with Crippen LogP contribution in [0.3, 0.4) is 0 Å². The van der Waals surface area contributed by atoms with Crippen molar-refractivity contribution < 1.29 is 19.1 Å². The van der Waals surface area contributed by atoms with Gasteiger partial charge in [0.15, 0.2) is 0 Å². The molecular weight excluding hydrogens is 346 g/mol. The number of carbonyl (C=O) groups is 3. The van der Waals surface area contributed by atoms with E-state index in [4.69, 9.17) is 4.74 Å². The molecule has 7 heteroatoms. The first-order valence-electron chi connectivity index (χ1n) is 9.53. The maximum Gasteiger partial charge on any atom is 0.326 e. The van der Waals surface area contributed by atoms with Gasteiger partial charge in [-0.05, 0) is 43.9 Å². The van der Waals surface area contributed by atoms with Gasteiger partial charge in [-0.1, -0.05) is 31.9 Å². The summed E-state index contributed by atoms with van der Waals surface area (Å²) < 4.78 is 5.16. The molecule has 0 aromatic heterocycles. The first kappa shape index (κ1) is 19.2. The monoisotopic (exact) mass is 373 g/mol. The highest BCUT2D eigenvalue weighted by Crippen LogP contribution is 2.34. The van der Waals surface area contributed by atoms with E-state index in [2.05, 4.69) is 10.6 Å². The number of rotatable bonds is 6. The highest BCUT2D eigenvalue weighted by molar-refractivity contribution is 6.10. The molecule has 0 spiro atoms. The quantitative estimate of drug-likeness (QED) is 0.749. The van der Waals surface area contributed by atoms with Crippen LogP contribution in [0, 0.1) is 0 Å². The number of imide groups is 1. The van der Waals surface area contributed by atoms with E-state index >= 15 is 0 Å². The Balaban J connectivity index is 1.82. The molecule has 7 nitrogen and oxygen atoms in total. The Morgan fingerprint density at radius 3 is 2.48 bits per heavy atom. The Morgan fingerprint density at radius 2 is 1.93 bits per heavy atom. The molecule has 146 valence electrons. The molecule has 2 fully saturated rings. The van der Waals surface area contributed by atoms with Crippen molar-refractivity contribution in [3.63, 3.8) is 0 Å². The largest absolute Gasteiger partial charge is 0.497 e. The van der Waals surface area contributed by atoms with Crippen molar-refractivity contribution >= 4 is 17.8 Å². The number of nitrogens with one attached hydrogen (secondary N) is 2. The molecule has 1 aliphatic carbocycles. The van der Waals surface area contributed by atoms with E-state index in [0.29, 0.717) is 17.7 Å². The maximum atomic E-state index is 13.2. The Bertz CT molecular complexity index is 727. The highest BCUT2D eigenvalue weighted by Gasteiger charge is 2.53. The number of amides is 4. The standard InChI is InChI=1S/C20H27N3O4/c1-4-20(14-9-11-16(27-3)12-10-14)18(25)23(19(26)22-20)13(2)17(24)21-15-7-5-6-8-15/h9-13,15H,4-8H2,1-3H3,(H,21,24)(H,22,26)/t13-,20-/m1/s1. The normalized spacial score (nSPS) is 24.0. The second kappa shape index (κ2) is 7.58. The molecule has 0 bridgehead atoms. The molecular formula is C20H27N3O4. The van der Waals surface area contributed by atoms with Crippen LogP contribution < -0.4 is 15.4 Å². The number of nitrogens with zero attached hydrogens (tertiary/aromatic N) is 1. The molecule has 1 aromatic rings. The molecule has 4 amide bonds. The molecule has 1 heterocycles. The van der Waals surface area contributed by atoms with Crippen molar-refractivity contribution in [3.8, 4) is 5.75 Å². The Labute approximate surface area is 159 Å². The number of hydrogen-bond donors (Lipinski definition) is 2. The Hall–Kier alpha value is -2.57. The van der Waals surface area contributed by atoms with E-state index in [-0.39, 0.29) is 11.9 Å². The summed E-state index contributed by atoms with van der Waals surface area (Å²) in [5, 5.41) is 5.78. The van der Waals surface area contributed by atoms with Crippen molar-refractivity contribution in [1.29, 1.82) is 0 Å². The zero-order chi connectivity index (χ0) is 19.6. The van der Waals surface area contributed by atoms with Crippen LogP contribution in [-0.2, 0) is 15.1 Å². The highest BCUT2D eigenvalue weighted by atomic mass is 16.5. The molecule has 1 saturated heterocycles. The fourth-order valence-corrected chi connectivity index (χ4v) is 3.97. The Morgan fingerprint density at radius 1 is 1.30 bits per heavy atom. The zero-order valence-electron chi connectivity index (χ0n) is 16.1. The van der Waals surface area contributed by atoms with Gasteiger partial charge in [-0.3, -0.25) is 9.59 Å². The molecule has 3 rings (SSSR count). The summed E-state index contributed by atoms with van der Waals surface area (Å²) in [6.45, 7) is 3.44. The van der Waals surface area contributed by atoms with Gasteiger partial charge < -0.3 is 15.4 Å². The van der Waals surface area contributed by atoms with Gasteiger partial charge in [-0.25, -0.2) is 9.69 Å². The lowest BCUT2D eigenvalue weighted by molar-refractivity contribution is -0.138. The lowest BCUT2D eigenvalue weighted by Crippen LogP contribution is -2.51. The molecule has 27 heavy (non-hydrogen) atoms. The molecule has 2 atom stereocenters. The van der Waals surface area contributed by atoms with Crippen molar-refractivity contribution in [2.45, 2.75) is 63.6 Å². The lowest BCUT2D eigenvalue weighted by atomic mass is 9.87. The maximum absolute atomic E-state index is 13.2. The van der Waals surface area contributed by atoms with Crippen LogP contribution in [0.25, 0.3) is 0 Å². The molecule has 2 aliphatic rings. The van der Waals surface area contributed by atoms with Gasteiger partial charge in [0.1, 0.15) is 17.3 Å². The minimum Gasteiger partial charge on any atom is -0.497 e. The summed E-state index contributed by atoms with van der Waals surface area (Å²) in [5.74, 6) is -0.00999. The lowest BCUT2D eigenvalue weighted by Gasteiger charge is -2.27. The van der Waals surface area contributed by atoms with Crippen molar-refractivity contribution in [1.82, 2.24) is 15.5 Å². The van der Waals surface area contributed by atoms with Gasteiger partial charge in [0.2, 0.25) is 5.91 Å². The molecule has 2 N–H and O–H groups in total. The third-order valence-corrected chi connectivity index (χ3v) is 5.70. The van der Waals surface area contributed by atoms with E-state index in [9.17, 15) is 14.4 Å². The van der Waals surface area contributed by atoms with Crippen LogP contribution >= 0.6 is 0 Å². The smallest absolute Gasteiger partial charge is 0.326 e. The second-order valence-corrected chi connectivity index (χ2v) is 7.26. The van der Waals surface area contributed by atoms with E-state index in [1.54, 1.807) is 38.3 Å². The number of ether oxygens (including phenoxy) is 1. The average molecular weight is 373 g/mol. The summed E-state index contributed by atoms with van der Waals surface area (Å²) >= 11 is 0. The minimum atomic E-state index is -1.16. The van der Waals surface area contributed by atoms with Gasteiger partial charge in [-0.2, -0.15) is 0 Å². The molecule has 0 radical (unpaired) electrons. The second-order valence-electron chi connectivity index (χ2n) is 7.26. The number of hydrogen-bond acceptors (Lipinski definition) is 4. The summed E-state index contributed by atoms with van der Waals surface area (Å²) in [5.41, 5.74) is -0.485. The SMILES string of the molecule is CC[C@]1(c2ccc(OC)cc2)NC(=O)N([C@H](C)C(=O)NC2CCCC2)C1=O. The zero-order valence-corrected chi connectivity index (χ0v) is 16.1. The van der Waals surface area contributed by atoms with Crippen molar-refractivity contribution in [2.75, 3.05) is 7.11 Å². The van der Waals surface area contributed by atoms with E-state index in [1.807, 2.05) is 6.92 Å². The van der Waals surface area contributed by atoms with Gasteiger partial charge in [0.25, 0.3) is 5.91 Å². The van der Waals surface area contributed by atoms with Crippen LogP contribution in [-0.4, -0.2) is 41.9 Å². The van der Waals surface area contributed by atoms with Crippen LogP contribution in [0.2, 0.25) is 0 Å². The van der Waals surface area contributed by atoms with Gasteiger partial charge in [0, 0.05) is 6.04 Å². The van der Waals surface area contributed by atoms with E-state index < -0.39 is 23.5 Å². The van der Waals surface area contributed by atoms with E-state index in [1.165, 1.54) is 0 Å². The summed E-state index contributed by atoms with van der Waals surface area (Å²) in [6, 6.07) is 5.80. The van der Waals surface area contributed by atoms with Gasteiger partial charge in [-0.15, -0.1) is 0 Å². The molecule has 1 aliphatic heterocycles. The van der Waals surface area contributed by atoms with Crippen LogP contribution in [0.5, 0.6) is 5.75 Å². The average Bonchev–Trinajstić information content (AvgIpc) is 3.27. The van der Waals surface area contributed by atoms with Crippen LogP contribution in [0.4, 0.5) is 4.79 Å². The fraction of sp³-hybridized carbons (Fsp3) is 0.550. The van der Waals surface area contributed by atoms with Crippen molar-refractivity contribution in [3.05, 3.63) is 29.8 Å². The van der Waals surface area contributed by atoms with Crippen molar-refractivity contribution in [2.24, 2.45) is 0 Å². The summed E-state index contributed by atoms with van der Waals surface area (Å²) in [6.07, 6.45) is 4.47. The van der Waals surface area contributed by atoms with Crippen LogP contribution in [0.15, 0.2) is 24.3 Å². The number of benzene rings is 1. The first-order chi connectivity index (χ1) is 12.9. The minimum absolute atomic E-state index is 0.137. The predicted molar refractivity (Wildman–Crippen MR) is 100 cm³/mol. The molecule has 1 saturated carbocycles. The Kier molecular flexibility index (Phi) is 5.39. The predicted octanol–water partition coefficient (Wildman–Crippen LogP) is 2.30. The first-order valence-corrected chi connectivity index (χ1v) is 9.53. The number of urea groups is 1. The topological polar surface area (TPSA) is 87.7 Å². The summed E-state index contributed by atoms with van der Waals surface area (Å²) in [4.78, 5) is 39.5.